The topological polar surface area (TPSA) is 66.8 Å². The lowest BCUT2D eigenvalue weighted by Crippen LogP contribution is -1.89. The molecule has 0 rings (SSSR count). The number of hydrogen-bond donors (Lipinski definition) is 2. The summed E-state index contributed by atoms with van der Waals surface area (Å²) in [5, 5.41) is 0. The van der Waals surface area contributed by atoms with Gasteiger partial charge >= 0.3 is 7.82 Å². The third-order valence-electron chi connectivity index (χ3n) is 11.3. The van der Waals surface area contributed by atoms with Gasteiger partial charge in [0, 0.05) is 0 Å². The molecule has 0 heterocycles. The maximum atomic E-state index is 10.8. The van der Waals surface area contributed by atoms with Crippen LogP contribution in [0.1, 0.15) is 218 Å². The van der Waals surface area contributed by atoms with Crippen LogP contribution in [0.15, 0.2) is 128 Å². The van der Waals surface area contributed by atoms with E-state index >= 15 is 0 Å². The Bertz CT molecular complexity index is 1620. The predicted octanol–water partition coefficient (Wildman–Crippen LogP) is 18.7. The molecule has 0 aromatic carbocycles. The quantitative estimate of drug-likeness (QED) is 0.0384. The Morgan fingerprint density at radius 1 is 0.328 bits per heavy atom. The van der Waals surface area contributed by atoms with Gasteiger partial charge in [0.25, 0.3) is 0 Å². The summed E-state index contributed by atoms with van der Waals surface area (Å²) in [6.45, 7) is 26.7. The van der Waals surface area contributed by atoms with Crippen LogP contribution in [0.2, 0.25) is 0 Å². The highest BCUT2D eigenvalue weighted by Crippen LogP contribution is 2.35. The fourth-order valence-corrected chi connectivity index (χ4v) is 7.25. The SMILES string of the molecule is CC(C)=CCCC/C(C)=C/CC/C(C)=C/CC/C(C)=C/CC/C(C)=C/CC/C(C)=C/CC/C(C)=C/CC/C(C)=C/CC/C(C)=C/CC/C(C)=C/CC/C(C)=C/COP(=O)(O)O. The van der Waals surface area contributed by atoms with Crippen LogP contribution in [0, 0.1) is 0 Å². The average Bonchev–Trinajstić information content (AvgIpc) is 3.16. The fourth-order valence-electron chi connectivity index (χ4n) is 6.99. The Morgan fingerprint density at radius 3 is 0.754 bits per heavy atom. The van der Waals surface area contributed by atoms with Gasteiger partial charge in [-0.15, -0.1) is 0 Å². The smallest absolute Gasteiger partial charge is 0.303 e. The van der Waals surface area contributed by atoms with E-state index in [1.165, 1.54) is 88.7 Å². The van der Waals surface area contributed by atoms with Crippen LogP contribution in [0.25, 0.3) is 0 Å². The van der Waals surface area contributed by atoms with Crippen molar-refractivity contribution in [3.63, 3.8) is 0 Å². The lowest BCUT2D eigenvalue weighted by molar-refractivity contribution is 0.215. The molecule has 0 spiro atoms. The molecular formula is C56H93O4P. The highest BCUT2D eigenvalue weighted by atomic mass is 31.2. The monoisotopic (exact) mass is 861 g/mol. The zero-order valence-electron chi connectivity index (χ0n) is 41.6. The minimum Gasteiger partial charge on any atom is -0.303 e. The number of phosphoric acid groups is 1. The summed E-state index contributed by atoms with van der Waals surface area (Å²) in [5.74, 6) is 0. The van der Waals surface area contributed by atoms with Crippen LogP contribution < -0.4 is 0 Å². The molecule has 0 saturated heterocycles. The first-order valence-corrected chi connectivity index (χ1v) is 25.3. The summed E-state index contributed by atoms with van der Waals surface area (Å²) in [5.41, 5.74) is 16.0. The normalized spacial score (nSPS) is 15.0. The van der Waals surface area contributed by atoms with Crippen molar-refractivity contribution in [1.29, 1.82) is 0 Å². The molecule has 0 aromatic heterocycles. The van der Waals surface area contributed by atoms with E-state index in [9.17, 15) is 4.57 Å². The highest BCUT2D eigenvalue weighted by molar-refractivity contribution is 7.46. The van der Waals surface area contributed by atoms with Gasteiger partial charge in [-0.2, -0.15) is 0 Å². The van der Waals surface area contributed by atoms with E-state index in [0.717, 1.165) is 102 Å². The van der Waals surface area contributed by atoms with Crippen molar-refractivity contribution in [1.82, 2.24) is 0 Å². The van der Waals surface area contributed by atoms with E-state index in [0.29, 0.717) is 0 Å². The van der Waals surface area contributed by atoms with E-state index in [1.807, 2.05) is 6.92 Å². The van der Waals surface area contributed by atoms with Crippen molar-refractivity contribution >= 4 is 7.82 Å². The Balaban J connectivity index is 4.27. The minimum absolute atomic E-state index is 0.0549. The molecule has 61 heavy (non-hydrogen) atoms. The molecule has 0 aliphatic rings. The molecule has 0 atom stereocenters. The number of unbranched alkanes of at least 4 members (excludes halogenated alkanes) is 1. The Morgan fingerprint density at radius 2 is 0.541 bits per heavy atom. The van der Waals surface area contributed by atoms with Gasteiger partial charge in [0.1, 0.15) is 0 Å². The second kappa shape index (κ2) is 36.7. The maximum absolute atomic E-state index is 10.8. The fraction of sp³-hybridized carbons (Fsp3) is 0.607. The summed E-state index contributed by atoms with van der Waals surface area (Å²) in [6, 6.07) is 0. The van der Waals surface area contributed by atoms with Gasteiger partial charge < -0.3 is 9.79 Å². The molecule has 0 unspecified atom stereocenters. The van der Waals surface area contributed by atoms with Crippen LogP contribution in [0.4, 0.5) is 0 Å². The minimum atomic E-state index is -4.40. The molecule has 0 fully saturated rings. The van der Waals surface area contributed by atoms with Gasteiger partial charge in [-0.05, 0) is 218 Å². The molecule has 346 valence electrons. The predicted molar refractivity (Wildman–Crippen MR) is 272 cm³/mol. The molecule has 0 aliphatic heterocycles. The lowest BCUT2D eigenvalue weighted by Gasteiger charge is -2.04. The number of hydrogen-bond acceptors (Lipinski definition) is 2. The number of allylic oxidation sites excluding steroid dienone is 21. The first-order valence-electron chi connectivity index (χ1n) is 23.8. The van der Waals surface area contributed by atoms with Gasteiger partial charge in [-0.1, -0.05) is 128 Å². The molecule has 2 N–H and O–H groups in total. The van der Waals surface area contributed by atoms with E-state index in [1.54, 1.807) is 11.6 Å². The average molecular weight is 861 g/mol. The van der Waals surface area contributed by atoms with E-state index in [4.69, 9.17) is 9.79 Å². The van der Waals surface area contributed by atoms with E-state index in [2.05, 4.69) is 141 Å². The molecule has 5 heteroatoms. The summed E-state index contributed by atoms with van der Waals surface area (Å²) in [4.78, 5) is 17.6. The summed E-state index contributed by atoms with van der Waals surface area (Å²) in [7, 11) is -4.40. The van der Waals surface area contributed by atoms with Gasteiger partial charge in [-0.25, -0.2) is 4.57 Å². The van der Waals surface area contributed by atoms with Gasteiger partial charge in [0.2, 0.25) is 0 Å². The zero-order chi connectivity index (χ0) is 45.9. The van der Waals surface area contributed by atoms with Crippen molar-refractivity contribution < 1.29 is 18.9 Å². The summed E-state index contributed by atoms with van der Waals surface area (Å²) < 4.78 is 15.3. The molecule has 0 bridgehead atoms. The molecule has 0 amide bonds. The van der Waals surface area contributed by atoms with Gasteiger partial charge in [0.05, 0.1) is 6.61 Å². The Hall–Kier alpha value is -2.75. The molecule has 0 aliphatic carbocycles. The number of phosphoric ester groups is 1. The second-order valence-corrected chi connectivity index (χ2v) is 19.6. The standard InChI is InChI=1S/C56H93O4P/c1-46(2)24-13-14-25-47(3)26-15-27-48(4)28-16-29-49(5)30-17-31-50(6)32-18-33-51(7)34-19-35-52(8)36-20-37-53(9)38-21-39-54(10)40-22-41-55(11)42-23-43-56(12)44-45-60-61(57,58)59/h24,26,28,30,32,34,36,38,40,42,44H,13-23,25,27,29,31,33,35,37,39,41,43,45H2,1-12H3,(H2,57,58,59)/b47-26+,48-28+,49-30+,50-32+,51-34+,52-36+,53-38+,54-40+,55-42+,56-44+. The van der Waals surface area contributed by atoms with Gasteiger partial charge in [0.15, 0.2) is 0 Å². The highest BCUT2D eigenvalue weighted by Gasteiger charge is 2.11. The Kier molecular flexibility index (Phi) is 35.1. The third kappa shape index (κ3) is 41.0. The second-order valence-electron chi connectivity index (χ2n) is 18.3. The van der Waals surface area contributed by atoms with E-state index < -0.39 is 7.82 Å². The molecular weight excluding hydrogens is 768 g/mol. The molecule has 4 nitrogen and oxygen atoms in total. The van der Waals surface area contributed by atoms with Crippen LogP contribution in [-0.4, -0.2) is 16.4 Å². The maximum Gasteiger partial charge on any atom is 0.469 e. The largest absolute Gasteiger partial charge is 0.469 e. The third-order valence-corrected chi connectivity index (χ3v) is 11.8. The van der Waals surface area contributed by atoms with Crippen LogP contribution in [-0.2, 0) is 9.09 Å². The van der Waals surface area contributed by atoms with Crippen molar-refractivity contribution in [2.75, 3.05) is 6.61 Å². The van der Waals surface area contributed by atoms with Gasteiger partial charge in [-0.3, -0.25) is 4.52 Å². The Labute approximate surface area is 377 Å². The molecule has 0 saturated carbocycles. The lowest BCUT2D eigenvalue weighted by atomic mass is 10.0. The molecule has 0 aromatic rings. The summed E-state index contributed by atoms with van der Waals surface area (Å²) >= 11 is 0. The van der Waals surface area contributed by atoms with Crippen LogP contribution >= 0.6 is 7.82 Å². The van der Waals surface area contributed by atoms with Crippen molar-refractivity contribution in [2.24, 2.45) is 0 Å². The van der Waals surface area contributed by atoms with Crippen molar-refractivity contribution in [3.8, 4) is 0 Å². The van der Waals surface area contributed by atoms with Crippen molar-refractivity contribution in [2.45, 2.75) is 218 Å². The summed E-state index contributed by atoms with van der Waals surface area (Å²) in [6.07, 6.45) is 49.5. The molecule has 0 radical (unpaired) electrons. The zero-order valence-corrected chi connectivity index (χ0v) is 42.5. The first-order chi connectivity index (χ1) is 28.9. The van der Waals surface area contributed by atoms with Crippen LogP contribution in [0.3, 0.4) is 0 Å². The van der Waals surface area contributed by atoms with E-state index in [-0.39, 0.29) is 6.61 Å². The number of rotatable bonds is 34. The van der Waals surface area contributed by atoms with Crippen LogP contribution in [0.5, 0.6) is 0 Å². The first kappa shape index (κ1) is 58.2. The van der Waals surface area contributed by atoms with Crippen molar-refractivity contribution in [3.05, 3.63) is 128 Å².